The first kappa shape index (κ1) is 14.7. The highest BCUT2D eigenvalue weighted by atomic mass is 19.4. The first-order chi connectivity index (χ1) is 9.95. The second-order valence-electron chi connectivity index (χ2n) is 3.93. The average Bonchev–Trinajstić information content (AvgIpc) is 2.46. The lowest BCUT2D eigenvalue weighted by atomic mass is 10.2. The van der Waals surface area contributed by atoms with Gasteiger partial charge in [0, 0.05) is 0 Å². The van der Waals surface area contributed by atoms with Gasteiger partial charge in [0.05, 0.1) is 5.56 Å². The predicted octanol–water partition coefficient (Wildman–Crippen LogP) is 3.79. The second kappa shape index (κ2) is 6.17. The van der Waals surface area contributed by atoms with Crippen molar-refractivity contribution in [2.24, 2.45) is 0 Å². The molecule has 110 valence electrons. The zero-order valence-electron chi connectivity index (χ0n) is 10.6. The van der Waals surface area contributed by atoms with Crippen LogP contribution in [0.5, 0.6) is 11.5 Å². The van der Waals surface area contributed by atoms with E-state index in [2.05, 4.69) is 0 Å². The lowest BCUT2D eigenvalue weighted by Gasteiger charge is -2.10. The predicted molar refractivity (Wildman–Crippen MR) is 67.7 cm³/mol. The number of rotatable bonds is 3. The number of hydrogen-bond donors (Lipinski definition) is 1. The van der Waals surface area contributed by atoms with E-state index in [1.807, 2.05) is 5.48 Å². The second-order valence-corrected chi connectivity index (χ2v) is 3.93. The van der Waals surface area contributed by atoms with Crippen molar-refractivity contribution < 1.29 is 27.5 Å². The summed E-state index contributed by atoms with van der Waals surface area (Å²) in [6.45, 7) is 0. The van der Waals surface area contributed by atoms with Gasteiger partial charge in [-0.3, -0.25) is 0 Å². The molecule has 0 heterocycles. The van der Waals surface area contributed by atoms with Crippen molar-refractivity contribution >= 4 is 6.09 Å². The van der Waals surface area contributed by atoms with Crippen LogP contribution < -0.4 is 15.1 Å². The van der Waals surface area contributed by atoms with Crippen LogP contribution in [0.3, 0.4) is 0 Å². The number of nitrogens with one attached hydrogen (secondary N) is 1. The fourth-order valence-corrected chi connectivity index (χ4v) is 1.45. The van der Waals surface area contributed by atoms with Gasteiger partial charge in [0.1, 0.15) is 5.75 Å². The van der Waals surface area contributed by atoms with Crippen LogP contribution in [0.25, 0.3) is 0 Å². The summed E-state index contributed by atoms with van der Waals surface area (Å²) in [4.78, 5) is 16.1. The van der Waals surface area contributed by atoms with Crippen LogP contribution >= 0.6 is 0 Å². The third-order valence-electron chi connectivity index (χ3n) is 2.37. The zero-order valence-corrected chi connectivity index (χ0v) is 10.6. The number of carbonyl (C=O) groups excluding carboxylic acids is 1. The Hall–Kier alpha value is -2.70. The van der Waals surface area contributed by atoms with E-state index in [9.17, 15) is 18.0 Å². The summed E-state index contributed by atoms with van der Waals surface area (Å²) < 4.78 is 42.3. The highest BCUT2D eigenvalue weighted by molar-refractivity contribution is 5.69. The van der Waals surface area contributed by atoms with Crippen LogP contribution in [-0.4, -0.2) is 6.09 Å². The summed E-state index contributed by atoms with van der Waals surface area (Å²) in [7, 11) is 0. The molecule has 0 unspecified atom stereocenters. The van der Waals surface area contributed by atoms with Crippen LogP contribution in [0.1, 0.15) is 5.56 Å². The molecule has 2 aromatic carbocycles. The van der Waals surface area contributed by atoms with Crippen LogP contribution in [-0.2, 0) is 6.18 Å². The number of alkyl halides is 3. The van der Waals surface area contributed by atoms with Crippen LogP contribution in [0.4, 0.5) is 18.0 Å². The minimum Gasteiger partial charge on any atom is -0.408 e. The molecular formula is C14H10F3NO3. The normalized spacial score (nSPS) is 10.8. The van der Waals surface area contributed by atoms with Gasteiger partial charge in [0.2, 0.25) is 0 Å². The largest absolute Gasteiger partial charge is 0.446 e. The molecule has 2 rings (SSSR count). The van der Waals surface area contributed by atoms with Gasteiger partial charge in [0.15, 0.2) is 5.75 Å². The van der Waals surface area contributed by atoms with E-state index >= 15 is 0 Å². The molecule has 7 heteroatoms. The summed E-state index contributed by atoms with van der Waals surface area (Å²) in [6.07, 6.45) is -5.43. The van der Waals surface area contributed by atoms with E-state index in [4.69, 9.17) is 9.57 Å². The Balaban J connectivity index is 1.92. The number of hydroxylamine groups is 1. The van der Waals surface area contributed by atoms with Gasteiger partial charge < -0.3 is 9.57 Å². The topological polar surface area (TPSA) is 47.6 Å². The molecular weight excluding hydrogens is 287 g/mol. The molecule has 0 aliphatic carbocycles. The molecule has 0 saturated carbocycles. The first-order valence-electron chi connectivity index (χ1n) is 5.82. The zero-order chi connectivity index (χ0) is 15.3. The van der Waals surface area contributed by atoms with Crippen LogP contribution in [0, 0.1) is 0 Å². The molecule has 21 heavy (non-hydrogen) atoms. The van der Waals surface area contributed by atoms with Crippen molar-refractivity contribution in [3.05, 3.63) is 60.2 Å². The van der Waals surface area contributed by atoms with Crippen molar-refractivity contribution in [2.45, 2.75) is 6.18 Å². The molecule has 1 amide bonds. The van der Waals surface area contributed by atoms with Crippen molar-refractivity contribution in [2.75, 3.05) is 0 Å². The molecule has 2 aromatic rings. The van der Waals surface area contributed by atoms with Crippen molar-refractivity contribution in [3.63, 3.8) is 0 Å². The van der Waals surface area contributed by atoms with Gasteiger partial charge in [-0.2, -0.15) is 18.7 Å². The van der Waals surface area contributed by atoms with E-state index in [-0.39, 0.29) is 11.5 Å². The number of carbonyl (C=O) groups is 1. The monoisotopic (exact) mass is 297 g/mol. The minimum absolute atomic E-state index is 0.158. The summed E-state index contributed by atoms with van der Waals surface area (Å²) in [5.74, 6) is 0.123. The fraction of sp³-hybridized carbons (Fsp3) is 0.0714. The lowest BCUT2D eigenvalue weighted by molar-refractivity contribution is -0.137. The van der Waals surface area contributed by atoms with Gasteiger partial charge >= 0.3 is 12.3 Å². The molecule has 0 aliphatic heterocycles. The van der Waals surface area contributed by atoms with E-state index in [1.165, 1.54) is 12.1 Å². The summed E-state index contributed by atoms with van der Waals surface area (Å²) in [6, 6.07) is 12.3. The van der Waals surface area contributed by atoms with E-state index in [0.29, 0.717) is 0 Å². The number of ether oxygens (including phenoxy) is 1. The average molecular weight is 297 g/mol. The van der Waals surface area contributed by atoms with E-state index in [0.717, 1.165) is 12.1 Å². The van der Waals surface area contributed by atoms with Crippen LogP contribution in [0.15, 0.2) is 54.6 Å². The number of para-hydroxylation sites is 1. The molecule has 0 bridgehead atoms. The Kier molecular flexibility index (Phi) is 4.32. The van der Waals surface area contributed by atoms with Crippen molar-refractivity contribution in [1.82, 2.24) is 5.48 Å². The molecule has 0 spiro atoms. The van der Waals surface area contributed by atoms with Gasteiger partial charge in [-0.1, -0.05) is 24.3 Å². The van der Waals surface area contributed by atoms with Gasteiger partial charge in [0.25, 0.3) is 0 Å². The number of halogens is 3. The minimum atomic E-state index is -4.48. The van der Waals surface area contributed by atoms with Gasteiger partial charge in [-0.25, -0.2) is 4.79 Å². The Labute approximate surface area is 118 Å². The fourth-order valence-electron chi connectivity index (χ4n) is 1.45. The maximum absolute atomic E-state index is 12.5. The molecule has 0 aliphatic rings. The Morgan fingerprint density at radius 2 is 1.62 bits per heavy atom. The highest BCUT2D eigenvalue weighted by Gasteiger charge is 2.30. The quantitative estimate of drug-likeness (QED) is 0.877. The first-order valence-corrected chi connectivity index (χ1v) is 5.82. The maximum Gasteiger partial charge on any atom is 0.446 e. The molecule has 0 atom stereocenters. The molecule has 1 N–H and O–H groups in total. The number of amides is 1. The Morgan fingerprint density at radius 3 is 2.29 bits per heavy atom. The molecule has 0 radical (unpaired) electrons. The molecule has 0 aromatic heterocycles. The smallest absolute Gasteiger partial charge is 0.408 e. The molecule has 0 saturated heterocycles. The van der Waals surface area contributed by atoms with Crippen LogP contribution in [0.2, 0.25) is 0 Å². The SMILES string of the molecule is O=C(NOc1cccc(C(F)(F)F)c1)Oc1ccccc1. The van der Waals surface area contributed by atoms with E-state index < -0.39 is 17.8 Å². The maximum atomic E-state index is 12.5. The number of hydrogen-bond acceptors (Lipinski definition) is 3. The van der Waals surface area contributed by atoms with Crippen molar-refractivity contribution in [1.29, 1.82) is 0 Å². The Bertz CT molecular complexity index is 614. The summed E-state index contributed by atoms with van der Waals surface area (Å²) in [5, 5.41) is 0. The third-order valence-corrected chi connectivity index (χ3v) is 2.37. The molecule has 0 fully saturated rings. The summed E-state index contributed by atoms with van der Waals surface area (Å²) in [5.41, 5.74) is 1.02. The number of benzene rings is 2. The Morgan fingerprint density at radius 1 is 0.952 bits per heavy atom. The highest BCUT2D eigenvalue weighted by Crippen LogP contribution is 2.31. The third kappa shape index (κ3) is 4.41. The lowest BCUT2D eigenvalue weighted by Crippen LogP contribution is -2.30. The van der Waals surface area contributed by atoms with Gasteiger partial charge in [-0.05, 0) is 30.3 Å². The molecule has 4 nitrogen and oxygen atoms in total. The summed E-state index contributed by atoms with van der Waals surface area (Å²) >= 11 is 0. The van der Waals surface area contributed by atoms with E-state index in [1.54, 1.807) is 30.3 Å². The van der Waals surface area contributed by atoms with Crippen molar-refractivity contribution in [3.8, 4) is 11.5 Å². The standard InChI is InChI=1S/C14H10F3NO3/c15-14(16,17)10-5-4-8-12(9-10)21-18-13(19)20-11-6-2-1-3-7-11/h1-9H,(H,18,19). The van der Waals surface area contributed by atoms with Gasteiger partial charge in [-0.15, -0.1) is 0 Å².